The molecule has 0 bridgehead atoms. The Bertz CT molecular complexity index is 945. The van der Waals surface area contributed by atoms with Crippen LogP contribution in [-0.4, -0.2) is 34.2 Å². The van der Waals surface area contributed by atoms with Crippen molar-refractivity contribution in [1.82, 2.24) is 15.0 Å². The number of nitrogens with zero attached hydrogens (tertiary/aromatic N) is 3. The van der Waals surface area contributed by atoms with Crippen molar-refractivity contribution >= 4 is 23.1 Å². The average molecular weight is 390 g/mol. The largest absolute Gasteiger partial charge is 0.339 e. The third-order valence-electron chi connectivity index (χ3n) is 4.41. The van der Waals surface area contributed by atoms with Crippen LogP contribution in [0.1, 0.15) is 24.7 Å². The Morgan fingerprint density at radius 1 is 1.33 bits per heavy atom. The standard InChI is InChI=1S/C18H16F2N4O2S/c19-12-5-6-13(20)14(9-12)21-18(25)24-7-1-3-11(10-24)17-22-16(23-26-17)15-4-2-8-27-15/h2,4-6,8-9,11H,1,3,7,10H2,(H,21,25). The highest BCUT2D eigenvalue weighted by atomic mass is 32.1. The van der Waals surface area contributed by atoms with Crippen molar-refractivity contribution in [3.63, 3.8) is 0 Å². The minimum absolute atomic E-state index is 0.0944. The summed E-state index contributed by atoms with van der Waals surface area (Å²) in [5.41, 5.74) is -0.181. The predicted octanol–water partition coefficient (Wildman–Crippen LogP) is 4.49. The summed E-state index contributed by atoms with van der Waals surface area (Å²) in [5, 5.41) is 8.37. The van der Waals surface area contributed by atoms with E-state index in [0.29, 0.717) is 24.8 Å². The zero-order valence-corrected chi connectivity index (χ0v) is 15.0. The Hall–Kier alpha value is -2.81. The minimum Gasteiger partial charge on any atom is -0.339 e. The topological polar surface area (TPSA) is 71.3 Å². The lowest BCUT2D eigenvalue weighted by atomic mass is 9.98. The molecule has 1 saturated heterocycles. The van der Waals surface area contributed by atoms with Crippen LogP contribution < -0.4 is 5.32 Å². The number of amides is 2. The summed E-state index contributed by atoms with van der Waals surface area (Å²) in [7, 11) is 0. The number of carbonyl (C=O) groups is 1. The van der Waals surface area contributed by atoms with Crippen LogP contribution in [0.5, 0.6) is 0 Å². The first-order valence-electron chi connectivity index (χ1n) is 8.48. The molecule has 140 valence electrons. The third-order valence-corrected chi connectivity index (χ3v) is 5.28. The number of hydrogen-bond donors (Lipinski definition) is 1. The van der Waals surface area contributed by atoms with Crippen LogP contribution in [0.25, 0.3) is 10.7 Å². The van der Waals surface area contributed by atoms with Gasteiger partial charge in [-0.1, -0.05) is 11.2 Å². The Morgan fingerprint density at radius 3 is 3.04 bits per heavy atom. The SMILES string of the molecule is O=C(Nc1cc(F)ccc1F)N1CCCC(c2nc(-c3cccs3)no2)C1. The molecule has 1 aliphatic rings. The molecule has 1 aromatic carbocycles. The fourth-order valence-electron chi connectivity index (χ4n) is 3.06. The zero-order valence-electron chi connectivity index (χ0n) is 14.2. The quantitative estimate of drug-likeness (QED) is 0.715. The second-order valence-corrected chi connectivity index (χ2v) is 7.22. The highest BCUT2D eigenvalue weighted by Gasteiger charge is 2.29. The first kappa shape index (κ1) is 17.6. The molecule has 27 heavy (non-hydrogen) atoms. The van der Waals surface area contributed by atoms with Crippen molar-refractivity contribution in [1.29, 1.82) is 0 Å². The zero-order chi connectivity index (χ0) is 18.8. The van der Waals surface area contributed by atoms with Gasteiger partial charge in [0.05, 0.1) is 16.5 Å². The van der Waals surface area contributed by atoms with Crippen LogP contribution in [0, 0.1) is 11.6 Å². The molecule has 9 heteroatoms. The van der Waals surface area contributed by atoms with E-state index in [0.717, 1.165) is 35.9 Å². The summed E-state index contributed by atoms with van der Waals surface area (Å²) in [4.78, 5) is 19.4. The molecule has 4 rings (SSSR count). The van der Waals surface area contributed by atoms with Crippen molar-refractivity contribution in [2.45, 2.75) is 18.8 Å². The molecule has 0 radical (unpaired) electrons. The number of benzene rings is 1. The number of aromatic nitrogens is 2. The molecule has 1 atom stereocenters. The van der Waals surface area contributed by atoms with Crippen LogP contribution in [0.2, 0.25) is 0 Å². The summed E-state index contributed by atoms with van der Waals surface area (Å²) in [6, 6.07) is 6.28. The van der Waals surface area contributed by atoms with E-state index >= 15 is 0 Å². The van der Waals surface area contributed by atoms with Gasteiger partial charge in [-0.15, -0.1) is 11.3 Å². The molecule has 3 aromatic rings. The predicted molar refractivity (Wildman–Crippen MR) is 96.5 cm³/mol. The smallest absolute Gasteiger partial charge is 0.321 e. The van der Waals surface area contributed by atoms with Gasteiger partial charge < -0.3 is 14.7 Å². The van der Waals surface area contributed by atoms with E-state index in [1.54, 1.807) is 4.90 Å². The van der Waals surface area contributed by atoms with Gasteiger partial charge in [-0.05, 0) is 36.4 Å². The second kappa shape index (κ2) is 7.43. The molecule has 0 spiro atoms. The maximum absolute atomic E-state index is 13.7. The molecule has 1 fully saturated rings. The fourth-order valence-corrected chi connectivity index (χ4v) is 3.71. The number of likely N-dealkylation sites (tertiary alicyclic amines) is 1. The van der Waals surface area contributed by atoms with Crippen LogP contribution in [0.4, 0.5) is 19.3 Å². The molecule has 1 aliphatic heterocycles. The van der Waals surface area contributed by atoms with Crippen LogP contribution in [0.15, 0.2) is 40.2 Å². The van der Waals surface area contributed by atoms with E-state index < -0.39 is 17.7 Å². The lowest BCUT2D eigenvalue weighted by Crippen LogP contribution is -2.41. The number of thiophene rings is 1. The van der Waals surface area contributed by atoms with Gasteiger partial charge in [0.15, 0.2) is 0 Å². The fraction of sp³-hybridized carbons (Fsp3) is 0.278. The van der Waals surface area contributed by atoms with E-state index in [2.05, 4.69) is 15.5 Å². The van der Waals surface area contributed by atoms with Gasteiger partial charge in [-0.25, -0.2) is 13.6 Å². The van der Waals surface area contributed by atoms with Crippen molar-refractivity contribution in [3.05, 3.63) is 53.2 Å². The molecule has 0 saturated carbocycles. The maximum atomic E-state index is 13.7. The van der Waals surface area contributed by atoms with E-state index in [-0.39, 0.29) is 11.6 Å². The number of halogens is 2. The van der Waals surface area contributed by atoms with Gasteiger partial charge in [0.25, 0.3) is 0 Å². The van der Waals surface area contributed by atoms with Gasteiger partial charge in [0, 0.05) is 19.2 Å². The average Bonchev–Trinajstić information content (AvgIpc) is 3.36. The second-order valence-electron chi connectivity index (χ2n) is 6.27. The first-order chi connectivity index (χ1) is 13.1. The van der Waals surface area contributed by atoms with Gasteiger partial charge in [-0.3, -0.25) is 0 Å². The molecule has 3 heterocycles. The van der Waals surface area contributed by atoms with Gasteiger partial charge in [0.1, 0.15) is 11.6 Å². The molecular formula is C18H16F2N4O2S. The molecule has 2 aromatic heterocycles. The number of piperidine rings is 1. The lowest BCUT2D eigenvalue weighted by Gasteiger charge is -2.31. The van der Waals surface area contributed by atoms with E-state index in [9.17, 15) is 13.6 Å². The van der Waals surface area contributed by atoms with Crippen molar-refractivity contribution in [3.8, 4) is 10.7 Å². The number of carbonyl (C=O) groups excluding carboxylic acids is 1. The van der Waals surface area contributed by atoms with E-state index in [4.69, 9.17) is 4.52 Å². The number of anilines is 1. The van der Waals surface area contributed by atoms with Crippen LogP contribution in [-0.2, 0) is 0 Å². The van der Waals surface area contributed by atoms with Gasteiger partial charge >= 0.3 is 6.03 Å². The maximum Gasteiger partial charge on any atom is 0.321 e. The molecule has 6 nitrogen and oxygen atoms in total. The van der Waals surface area contributed by atoms with E-state index in [1.165, 1.54) is 11.3 Å². The Kier molecular flexibility index (Phi) is 4.85. The molecular weight excluding hydrogens is 374 g/mol. The van der Waals surface area contributed by atoms with Crippen molar-refractivity contribution < 1.29 is 18.1 Å². The van der Waals surface area contributed by atoms with Crippen LogP contribution in [0.3, 0.4) is 0 Å². The third kappa shape index (κ3) is 3.82. The summed E-state index contributed by atoms with van der Waals surface area (Å²) in [6.45, 7) is 0.889. The van der Waals surface area contributed by atoms with Gasteiger partial charge in [-0.2, -0.15) is 4.98 Å². The molecule has 1 unspecified atom stereocenters. The summed E-state index contributed by atoms with van der Waals surface area (Å²) >= 11 is 1.52. The summed E-state index contributed by atoms with van der Waals surface area (Å²) < 4.78 is 32.4. The van der Waals surface area contributed by atoms with Crippen LogP contribution >= 0.6 is 11.3 Å². The molecule has 0 aliphatic carbocycles. The van der Waals surface area contributed by atoms with E-state index in [1.807, 2.05) is 17.5 Å². The highest BCUT2D eigenvalue weighted by molar-refractivity contribution is 7.13. The van der Waals surface area contributed by atoms with Crippen molar-refractivity contribution in [2.24, 2.45) is 0 Å². The summed E-state index contributed by atoms with van der Waals surface area (Å²) in [5.74, 6) is -0.384. The number of rotatable bonds is 3. The number of nitrogens with one attached hydrogen (secondary N) is 1. The minimum atomic E-state index is -0.684. The number of urea groups is 1. The first-order valence-corrected chi connectivity index (χ1v) is 9.36. The molecule has 1 N–H and O–H groups in total. The molecule has 2 amide bonds. The van der Waals surface area contributed by atoms with Gasteiger partial charge in [0.2, 0.25) is 11.7 Å². The Morgan fingerprint density at radius 2 is 2.22 bits per heavy atom. The normalized spacial score (nSPS) is 17.1. The monoisotopic (exact) mass is 390 g/mol. The number of hydrogen-bond acceptors (Lipinski definition) is 5. The Labute approximate surface area is 157 Å². The van der Waals surface area contributed by atoms with Crippen molar-refractivity contribution in [2.75, 3.05) is 18.4 Å². The lowest BCUT2D eigenvalue weighted by molar-refractivity contribution is 0.184. The Balaban J connectivity index is 1.45. The summed E-state index contributed by atoms with van der Waals surface area (Å²) in [6.07, 6.45) is 1.56. The highest BCUT2D eigenvalue weighted by Crippen LogP contribution is 2.29.